The van der Waals surface area contributed by atoms with Gasteiger partial charge >= 0.3 is 0 Å². The van der Waals surface area contributed by atoms with Crippen LogP contribution >= 0.6 is 0 Å². The zero-order chi connectivity index (χ0) is 7.82. The minimum absolute atomic E-state index is 0.314. The van der Waals surface area contributed by atoms with Gasteiger partial charge in [0.1, 0.15) is 0 Å². The van der Waals surface area contributed by atoms with E-state index in [1.165, 1.54) is 0 Å². The van der Waals surface area contributed by atoms with Gasteiger partial charge in [-0.3, -0.25) is 0 Å². The van der Waals surface area contributed by atoms with Gasteiger partial charge in [-0.25, -0.2) is 0 Å². The van der Waals surface area contributed by atoms with Crippen LogP contribution in [0.4, 0.5) is 0 Å². The van der Waals surface area contributed by atoms with Gasteiger partial charge in [0.05, 0.1) is 0 Å². The molecule has 1 atom stereocenters. The molecular weight excluding hydrogens is 128 g/mol. The van der Waals surface area contributed by atoms with E-state index in [9.17, 15) is 0 Å². The fraction of sp³-hybridized carbons (Fsp3) is 1.00. The minimum Gasteiger partial charge on any atom is -0.396 e. The summed E-state index contributed by atoms with van der Waals surface area (Å²) in [5.41, 5.74) is 0. The molecule has 1 rings (SSSR count). The first-order valence-electron chi connectivity index (χ1n) is 4.12. The lowest BCUT2D eigenvalue weighted by atomic mass is 10.1. The van der Waals surface area contributed by atoms with Crippen molar-refractivity contribution in [1.29, 1.82) is 0 Å². The molecule has 0 aromatic rings. The van der Waals surface area contributed by atoms with Crippen LogP contribution in [0, 0.1) is 5.92 Å². The molecule has 0 saturated carbocycles. The third kappa shape index (κ3) is 3.85. The summed E-state index contributed by atoms with van der Waals surface area (Å²) in [6, 6.07) is 0. The molecule has 1 N–H and O–H groups in total. The second kappa shape index (κ2) is 7.03. The van der Waals surface area contributed by atoms with Crippen LogP contribution in [0.25, 0.3) is 0 Å². The maximum Gasteiger partial charge on any atom is 0.0495 e. The largest absolute Gasteiger partial charge is 0.396 e. The van der Waals surface area contributed by atoms with Gasteiger partial charge < -0.3 is 9.84 Å². The Hall–Kier alpha value is -0.0800. The first-order valence-corrected chi connectivity index (χ1v) is 4.12. The van der Waals surface area contributed by atoms with Crippen LogP contribution in [0.5, 0.6) is 0 Å². The Morgan fingerprint density at radius 3 is 2.60 bits per heavy atom. The minimum atomic E-state index is 0.314. The molecule has 0 aromatic heterocycles. The van der Waals surface area contributed by atoms with Crippen molar-refractivity contribution in [2.75, 3.05) is 19.8 Å². The smallest absolute Gasteiger partial charge is 0.0495 e. The van der Waals surface area contributed by atoms with Gasteiger partial charge in [0.15, 0.2) is 0 Å². The summed E-state index contributed by atoms with van der Waals surface area (Å²) in [6.45, 7) is 6.07. The SMILES string of the molecule is CC.OCC[C@H]1CCOC1. The molecule has 0 bridgehead atoms. The van der Waals surface area contributed by atoms with Crippen LogP contribution in [0.1, 0.15) is 26.7 Å². The molecule has 1 fully saturated rings. The highest BCUT2D eigenvalue weighted by molar-refractivity contribution is 4.62. The number of ether oxygens (including phenoxy) is 1. The van der Waals surface area contributed by atoms with E-state index in [1.54, 1.807) is 0 Å². The molecule has 2 nitrogen and oxygen atoms in total. The fourth-order valence-electron chi connectivity index (χ4n) is 0.994. The summed E-state index contributed by atoms with van der Waals surface area (Å²) in [4.78, 5) is 0. The van der Waals surface area contributed by atoms with Crippen LogP contribution in [-0.2, 0) is 4.74 Å². The molecule has 0 unspecified atom stereocenters. The Morgan fingerprint density at radius 1 is 1.50 bits per heavy atom. The Bertz CT molecular complexity index is 58.3. The summed E-state index contributed by atoms with van der Waals surface area (Å²) in [6.07, 6.45) is 2.06. The Balaban J connectivity index is 0.000000371. The second-order valence-corrected chi connectivity index (χ2v) is 2.24. The molecule has 1 aliphatic rings. The average Bonchev–Trinajstić information content (AvgIpc) is 2.46. The highest BCUT2D eigenvalue weighted by atomic mass is 16.5. The number of rotatable bonds is 2. The Labute approximate surface area is 63.2 Å². The van der Waals surface area contributed by atoms with E-state index in [-0.39, 0.29) is 0 Å². The third-order valence-corrected chi connectivity index (χ3v) is 1.56. The lowest BCUT2D eigenvalue weighted by Crippen LogP contribution is -2.00. The molecule has 0 spiro atoms. The monoisotopic (exact) mass is 146 g/mol. The summed E-state index contributed by atoms with van der Waals surface area (Å²) in [7, 11) is 0. The van der Waals surface area contributed by atoms with E-state index < -0.39 is 0 Å². The molecule has 62 valence electrons. The van der Waals surface area contributed by atoms with Crippen molar-refractivity contribution < 1.29 is 9.84 Å². The Morgan fingerprint density at radius 2 is 2.20 bits per heavy atom. The second-order valence-electron chi connectivity index (χ2n) is 2.24. The van der Waals surface area contributed by atoms with Crippen molar-refractivity contribution in [2.45, 2.75) is 26.7 Å². The van der Waals surface area contributed by atoms with Gasteiger partial charge in [-0.15, -0.1) is 0 Å². The van der Waals surface area contributed by atoms with Gasteiger partial charge in [0.2, 0.25) is 0 Å². The van der Waals surface area contributed by atoms with Crippen molar-refractivity contribution >= 4 is 0 Å². The first kappa shape index (κ1) is 9.92. The normalized spacial score (nSPS) is 23.7. The highest BCUT2D eigenvalue weighted by Crippen LogP contribution is 2.14. The van der Waals surface area contributed by atoms with Crippen molar-refractivity contribution in [3.8, 4) is 0 Å². The number of aliphatic hydroxyl groups is 1. The zero-order valence-electron chi connectivity index (χ0n) is 6.97. The van der Waals surface area contributed by atoms with Crippen LogP contribution in [-0.4, -0.2) is 24.9 Å². The van der Waals surface area contributed by atoms with Crippen LogP contribution in [0.2, 0.25) is 0 Å². The molecule has 1 aliphatic heterocycles. The summed E-state index contributed by atoms with van der Waals surface area (Å²) < 4.78 is 5.10. The van der Waals surface area contributed by atoms with Crippen molar-refractivity contribution in [3.63, 3.8) is 0 Å². The van der Waals surface area contributed by atoms with Gasteiger partial charge in [0.25, 0.3) is 0 Å². The molecule has 0 amide bonds. The van der Waals surface area contributed by atoms with E-state index in [0.29, 0.717) is 12.5 Å². The van der Waals surface area contributed by atoms with Gasteiger partial charge in [-0.2, -0.15) is 0 Å². The highest BCUT2D eigenvalue weighted by Gasteiger charge is 2.13. The predicted octanol–water partition coefficient (Wildman–Crippen LogP) is 1.43. The van der Waals surface area contributed by atoms with Crippen LogP contribution in [0.15, 0.2) is 0 Å². The van der Waals surface area contributed by atoms with Gasteiger partial charge in [0, 0.05) is 19.8 Å². The predicted molar refractivity (Wildman–Crippen MR) is 42.0 cm³/mol. The maximum atomic E-state index is 8.47. The van der Waals surface area contributed by atoms with E-state index >= 15 is 0 Å². The van der Waals surface area contributed by atoms with E-state index in [4.69, 9.17) is 9.84 Å². The molecular formula is C8H18O2. The molecule has 1 heterocycles. The molecule has 10 heavy (non-hydrogen) atoms. The molecule has 2 heteroatoms. The van der Waals surface area contributed by atoms with Crippen molar-refractivity contribution in [2.24, 2.45) is 5.92 Å². The quantitative estimate of drug-likeness (QED) is 0.638. The molecule has 0 aliphatic carbocycles. The van der Waals surface area contributed by atoms with E-state index in [1.807, 2.05) is 13.8 Å². The van der Waals surface area contributed by atoms with E-state index in [2.05, 4.69) is 0 Å². The van der Waals surface area contributed by atoms with Crippen molar-refractivity contribution in [3.05, 3.63) is 0 Å². The molecule has 0 radical (unpaired) electrons. The Kier molecular flexibility index (Phi) is 6.98. The van der Waals surface area contributed by atoms with Gasteiger partial charge in [-0.1, -0.05) is 13.8 Å². The standard InChI is InChI=1S/C6H12O2.C2H6/c7-3-1-6-2-4-8-5-6;1-2/h6-7H,1-5H2;1-2H3/t6-;/m0./s1. The molecule has 0 aromatic carbocycles. The lowest BCUT2D eigenvalue weighted by Gasteiger charge is -2.00. The van der Waals surface area contributed by atoms with Crippen molar-refractivity contribution in [1.82, 2.24) is 0 Å². The summed E-state index contributed by atoms with van der Waals surface area (Å²) in [5, 5.41) is 8.47. The number of aliphatic hydroxyl groups excluding tert-OH is 1. The van der Waals surface area contributed by atoms with Crippen LogP contribution in [0.3, 0.4) is 0 Å². The lowest BCUT2D eigenvalue weighted by molar-refractivity contribution is 0.175. The fourth-order valence-corrected chi connectivity index (χ4v) is 0.994. The summed E-state index contributed by atoms with van der Waals surface area (Å²) in [5.74, 6) is 0.639. The maximum absolute atomic E-state index is 8.47. The third-order valence-electron chi connectivity index (χ3n) is 1.56. The summed E-state index contributed by atoms with van der Waals surface area (Å²) >= 11 is 0. The van der Waals surface area contributed by atoms with Gasteiger partial charge in [-0.05, 0) is 18.8 Å². The van der Waals surface area contributed by atoms with E-state index in [0.717, 1.165) is 26.1 Å². The first-order chi connectivity index (χ1) is 4.93. The number of hydrogen-bond donors (Lipinski definition) is 1. The molecule has 1 saturated heterocycles. The average molecular weight is 146 g/mol. The van der Waals surface area contributed by atoms with Crippen LogP contribution < -0.4 is 0 Å². The number of hydrogen-bond acceptors (Lipinski definition) is 2. The zero-order valence-corrected chi connectivity index (χ0v) is 6.97. The topological polar surface area (TPSA) is 29.5 Å².